The van der Waals surface area contributed by atoms with Crippen LogP contribution in [0.3, 0.4) is 0 Å². The van der Waals surface area contributed by atoms with Gasteiger partial charge < -0.3 is 14.6 Å². The summed E-state index contributed by atoms with van der Waals surface area (Å²) in [5, 5.41) is 3.57. The minimum Gasteiger partial charge on any atom is -0.494 e. The van der Waals surface area contributed by atoms with Gasteiger partial charge in [0.05, 0.1) is 24.3 Å². The van der Waals surface area contributed by atoms with Crippen LogP contribution in [-0.2, 0) is 11.8 Å². The summed E-state index contributed by atoms with van der Waals surface area (Å²) in [6.45, 7) is 2.53. The topological polar surface area (TPSA) is 56.1 Å². The quantitative estimate of drug-likeness (QED) is 0.614. The number of aromatic nitrogens is 2. The van der Waals surface area contributed by atoms with Crippen LogP contribution in [0.5, 0.6) is 5.75 Å². The molecule has 0 fully saturated rings. The minimum absolute atomic E-state index is 0.115. The number of anilines is 1. The number of rotatable bonds is 7. The van der Waals surface area contributed by atoms with Crippen LogP contribution in [0, 0.1) is 5.82 Å². The van der Waals surface area contributed by atoms with Crippen molar-refractivity contribution >= 4 is 23.4 Å². The predicted octanol–water partition coefficient (Wildman–Crippen LogP) is 4.36. The normalized spacial score (nSPS) is 10.6. The van der Waals surface area contributed by atoms with E-state index in [0.717, 1.165) is 27.9 Å². The van der Waals surface area contributed by atoms with Crippen LogP contribution >= 0.6 is 11.8 Å². The van der Waals surface area contributed by atoms with Crippen molar-refractivity contribution in [1.29, 1.82) is 0 Å². The van der Waals surface area contributed by atoms with E-state index in [1.165, 1.54) is 23.9 Å². The van der Waals surface area contributed by atoms with Gasteiger partial charge in [0, 0.05) is 12.7 Å². The van der Waals surface area contributed by atoms with E-state index < -0.39 is 0 Å². The highest BCUT2D eigenvalue weighted by molar-refractivity contribution is 7.99. The molecule has 1 heterocycles. The molecule has 2 aromatic carbocycles. The lowest BCUT2D eigenvalue weighted by atomic mass is 10.2. The molecule has 0 atom stereocenters. The first-order valence-electron chi connectivity index (χ1n) is 8.50. The van der Waals surface area contributed by atoms with E-state index in [2.05, 4.69) is 10.3 Å². The summed E-state index contributed by atoms with van der Waals surface area (Å²) < 4.78 is 20.4. The number of amides is 1. The summed E-state index contributed by atoms with van der Waals surface area (Å²) in [4.78, 5) is 16.5. The fourth-order valence-electron chi connectivity index (χ4n) is 2.54. The van der Waals surface area contributed by atoms with E-state index in [9.17, 15) is 9.18 Å². The third-order valence-electron chi connectivity index (χ3n) is 3.87. The summed E-state index contributed by atoms with van der Waals surface area (Å²) in [6, 6.07) is 13.5. The Kier molecular flexibility index (Phi) is 6.13. The Balaban J connectivity index is 1.58. The lowest BCUT2D eigenvalue weighted by Crippen LogP contribution is -2.14. The second kappa shape index (κ2) is 8.73. The Bertz CT molecular complexity index is 908. The molecule has 0 unspecified atom stereocenters. The number of imidazole rings is 1. The Labute approximate surface area is 161 Å². The van der Waals surface area contributed by atoms with Gasteiger partial charge in [0.2, 0.25) is 5.91 Å². The van der Waals surface area contributed by atoms with Gasteiger partial charge in [-0.15, -0.1) is 0 Å². The van der Waals surface area contributed by atoms with Crippen LogP contribution < -0.4 is 10.1 Å². The highest BCUT2D eigenvalue weighted by Crippen LogP contribution is 2.25. The van der Waals surface area contributed by atoms with E-state index in [4.69, 9.17) is 4.74 Å². The zero-order valence-electron chi connectivity index (χ0n) is 15.1. The van der Waals surface area contributed by atoms with Crippen LogP contribution in [-0.4, -0.2) is 27.8 Å². The smallest absolute Gasteiger partial charge is 0.234 e. The molecular formula is C20H20FN3O2S. The van der Waals surface area contributed by atoms with E-state index in [0.29, 0.717) is 6.61 Å². The summed E-state index contributed by atoms with van der Waals surface area (Å²) in [6.07, 6.45) is 1.72. The summed E-state index contributed by atoms with van der Waals surface area (Å²) in [5.74, 6) is 0.615. The van der Waals surface area contributed by atoms with Crippen LogP contribution in [0.25, 0.3) is 11.3 Å². The standard InChI is InChI=1S/C20H20FN3O2S/c1-3-26-17-10-8-16(9-11-17)23-19(25)13-27-20-22-12-18(24(20)2)14-4-6-15(21)7-5-14/h4-12H,3,13H2,1-2H3,(H,23,25). The Hall–Kier alpha value is -2.80. The lowest BCUT2D eigenvalue weighted by molar-refractivity contribution is -0.113. The maximum Gasteiger partial charge on any atom is 0.234 e. The molecule has 140 valence electrons. The SMILES string of the molecule is CCOc1ccc(NC(=O)CSc2ncc(-c3ccc(F)cc3)n2C)cc1. The third kappa shape index (κ3) is 4.89. The van der Waals surface area contributed by atoms with E-state index in [1.807, 2.05) is 30.7 Å². The molecule has 0 saturated heterocycles. The second-order valence-electron chi connectivity index (χ2n) is 5.79. The molecular weight excluding hydrogens is 365 g/mol. The zero-order valence-corrected chi connectivity index (χ0v) is 15.9. The first-order chi connectivity index (χ1) is 13.1. The molecule has 0 saturated carbocycles. The maximum atomic E-state index is 13.1. The first-order valence-corrected chi connectivity index (χ1v) is 9.48. The summed E-state index contributed by atoms with van der Waals surface area (Å²) in [7, 11) is 1.87. The second-order valence-corrected chi connectivity index (χ2v) is 6.73. The third-order valence-corrected chi connectivity index (χ3v) is 4.91. The van der Waals surface area contributed by atoms with Crippen molar-refractivity contribution in [2.24, 2.45) is 7.05 Å². The van der Waals surface area contributed by atoms with E-state index in [1.54, 1.807) is 30.5 Å². The fraction of sp³-hybridized carbons (Fsp3) is 0.200. The predicted molar refractivity (Wildman–Crippen MR) is 106 cm³/mol. The molecule has 1 amide bonds. The Morgan fingerprint density at radius 1 is 1.19 bits per heavy atom. The first kappa shape index (κ1) is 19.0. The number of ether oxygens (including phenoxy) is 1. The van der Waals surface area contributed by atoms with Gasteiger partial charge in [0.1, 0.15) is 11.6 Å². The number of carbonyl (C=O) groups excluding carboxylic acids is 1. The minimum atomic E-state index is -0.276. The molecule has 3 aromatic rings. The van der Waals surface area contributed by atoms with E-state index >= 15 is 0 Å². The van der Waals surface area contributed by atoms with Gasteiger partial charge >= 0.3 is 0 Å². The van der Waals surface area contributed by atoms with Gasteiger partial charge in [-0.05, 0) is 61.0 Å². The molecule has 1 aromatic heterocycles. The molecule has 3 rings (SSSR count). The number of thioether (sulfide) groups is 1. The molecule has 0 spiro atoms. The zero-order chi connectivity index (χ0) is 19.2. The molecule has 27 heavy (non-hydrogen) atoms. The highest BCUT2D eigenvalue weighted by Gasteiger charge is 2.11. The van der Waals surface area contributed by atoms with Gasteiger partial charge in [-0.25, -0.2) is 9.37 Å². The van der Waals surface area contributed by atoms with Crippen LogP contribution in [0.4, 0.5) is 10.1 Å². The molecule has 1 N–H and O–H groups in total. The molecule has 0 aliphatic carbocycles. The van der Waals surface area contributed by atoms with Crippen molar-refractivity contribution in [1.82, 2.24) is 9.55 Å². The molecule has 0 bridgehead atoms. The number of hydrogen-bond donors (Lipinski definition) is 1. The highest BCUT2D eigenvalue weighted by atomic mass is 32.2. The van der Waals surface area contributed by atoms with E-state index in [-0.39, 0.29) is 17.5 Å². The van der Waals surface area contributed by atoms with Crippen LogP contribution in [0.15, 0.2) is 59.9 Å². The monoisotopic (exact) mass is 385 g/mol. The van der Waals surface area contributed by atoms with Crippen molar-refractivity contribution in [3.05, 3.63) is 60.5 Å². The van der Waals surface area contributed by atoms with Crippen LogP contribution in [0.1, 0.15) is 6.92 Å². The maximum absolute atomic E-state index is 13.1. The fourth-order valence-corrected chi connectivity index (χ4v) is 3.30. The van der Waals surface area contributed by atoms with Gasteiger partial charge in [-0.1, -0.05) is 11.8 Å². The number of halogens is 1. The van der Waals surface area contributed by atoms with Crippen molar-refractivity contribution in [2.75, 3.05) is 17.7 Å². The van der Waals surface area contributed by atoms with Crippen molar-refractivity contribution in [3.63, 3.8) is 0 Å². The van der Waals surface area contributed by atoms with Gasteiger partial charge in [-0.2, -0.15) is 0 Å². The van der Waals surface area contributed by atoms with Crippen molar-refractivity contribution < 1.29 is 13.9 Å². The Morgan fingerprint density at radius 3 is 2.56 bits per heavy atom. The number of hydrogen-bond acceptors (Lipinski definition) is 4. The summed E-state index contributed by atoms with van der Waals surface area (Å²) >= 11 is 1.35. The van der Waals surface area contributed by atoms with Crippen LogP contribution in [0.2, 0.25) is 0 Å². The lowest BCUT2D eigenvalue weighted by Gasteiger charge is -2.08. The van der Waals surface area contributed by atoms with Crippen molar-refractivity contribution in [2.45, 2.75) is 12.1 Å². The largest absolute Gasteiger partial charge is 0.494 e. The molecule has 7 heteroatoms. The van der Waals surface area contributed by atoms with Gasteiger partial charge in [-0.3, -0.25) is 4.79 Å². The van der Waals surface area contributed by atoms with Crippen molar-refractivity contribution in [3.8, 4) is 17.0 Å². The molecule has 0 aliphatic rings. The van der Waals surface area contributed by atoms with Gasteiger partial charge in [0.25, 0.3) is 0 Å². The number of carbonyl (C=O) groups is 1. The molecule has 0 aliphatic heterocycles. The molecule has 5 nitrogen and oxygen atoms in total. The average Bonchev–Trinajstić information content (AvgIpc) is 3.03. The number of benzene rings is 2. The number of nitrogens with zero attached hydrogens (tertiary/aromatic N) is 2. The summed E-state index contributed by atoms with van der Waals surface area (Å²) in [5.41, 5.74) is 2.46. The average molecular weight is 385 g/mol. The van der Waals surface area contributed by atoms with Gasteiger partial charge in [0.15, 0.2) is 5.16 Å². The Morgan fingerprint density at radius 2 is 1.89 bits per heavy atom. The number of nitrogens with one attached hydrogen (secondary N) is 1. The molecule has 0 radical (unpaired) electrons.